The van der Waals surface area contributed by atoms with E-state index in [0.717, 1.165) is 5.56 Å². The van der Waals surface area contributed by atoms with Crippen molar-refractivity contribution in [2.75, 3.05) is 13.1 Å². The molecule has 88 valence electrons. The van der Waals surface area contributed by atoms with E-state index < -0.39 is 5.67 Å². The first-order chi connectivity index (χ1) is 7.57. The minimum absolute atomic E-state index is 0.297. The Morgan fingerprint density at radius 3 is 2.56 bits per heavy atom. The van der Waals surface area contributed by atoms with E-state index in [1.54, 1.807) is 6.07 Å². The van der Waals surface area contributed by atoms with E-state index in [4.69, 9.17) is 0 Å². The van der Waals surface area contributed by atoms with Gasteiger partial charge in [-0.05, 0) is 49.7 Å². The Morgan fingerprint density at radius 2 is 1.94 bits per heavy atom. The first-order valence-electron chi connectivity index (χ1n) is 5.42. The molecule has 0 radical (unpaired) electrons. The summed E-state index contributed by atoms with van der Waals surface area (Å²) in [6.45, 7) is 1.40. The van der Waals surface area contributed by atoms with E-state index in [2.05, 4.69) is 21.2 Å². The Kier molecular flexibility index (Phi) is 3.60. The molecule has 1 aliphatic rings. The predicted molar refractivity (Wildman–Crippen MR) is 63.7 cm³/mol. The third kappa shape index (κ3) is 3.01. The minimum atomic E-state index is -1.18. The van der Waals surface area contributed by atoms with Crippen molar-refractivity contribution in [2.24, 2.45) is 0 Å². The first-order valence-corrected chi connectivity index (χ1v) is 6.21. The number of alkyl halides is 1. The normalized spacial score (nSPS) is 19.7. The fraction of sp³-hybridized carbons (Fsp3) is 0.500. The molecule has 1 aromatic carbocycles. The van der Waals surface area contributed by atoms with Crippen LogP contribution in [0.3, 0.4) is 0 Å². The Hall–Kier alpha value is -0.480. The van der Waals surface area contributed by atoms with Crippen LogP contribution in [0, 0.1) is 5.82 Å². The molecule has 0 spiro atoms. The highest BCUT2D eigenvalue weighted by atomic mass is 79.9. The lowest BCUT2D eigenvalue weighted by Gasteiger charge is -2.30. The second-order valence-electron chi connectivity index (χ2n) is 4.36. The number of rotatable bonds is 2. The molecule has 0 saturated carbocycles. The average molecular weight is 290 g/mol. The average Bonchev–Trinajstić information content (AvgIpc) is 2.15. The maximum Gasteiger partial charge on any atom is 0.124 e. The molecule has 1 nitrogen and oxygen atoms in total. The molecule has 4 heteroatoms. The summed E-state index contributed by atoms with van der Waals surface area (Å²) in [4.78, 5) is 0. The second-order valence-corrected chi connectivity index (χ2v) is 5.27. The smallest absolute Gasteiger partial charge is 0.124 e. The van der Waals surface area contributed by atoms with Crippen molar-refractivity contribution in [3.8, 4) is 0 Å². The number of nitrogens with one attached hydrogen (secondary N) is 1. The van der Waals surface area contributed by atoms with Gasteiger partial charge in [-0.3, -0.25) is 0 Å². The molecule has 2 rings (SSSR count). The molecule has 0 aliphatic carbocycles. The lowest BCUT2D eigenvalue weighted by atomic mass is 9.88. The lowest BCUT2D eigenvalue weighted by Crippen LogP contribution is -2.40. The molecule has 1 aromatic rings. The van der Waals surface area contributed by atoms with Crippen molar-refractivity contribution in [1.29, 1.82) is 0 Å². The highest BCUT2D eigenvalue weighted by Gasteiger charge is 2.31. The van der Waals surface area contributed by atoms with E-state index in [-0.39, 0.29) is 5.82 Å². The van der Waals surface area contributed by atoms with Gasteiger partial charge in [-0.25, -0.2) is 8.78 Å². The Morgan fingerprint density at radius 1 is 1.25 bits per heavy atom. The number of hydrogen-bond acceptors (Lipinski definition) is 1. The van der Waals surface area contributed by atoms with Crippen LogP contribution < -0.4 is 5.32 Å². The monoisotopic (exact) mass is 289 g/mol. The Balaban J connectivity index is 2.13. The maximum atomic E-state index is 14.3. The number of halogens is 3. The fourth-order valence-electron chi connectivity index (χ4n) is 2.13. The van der Waals surface area contributed by atoms with Crippen molar-refractivity contribution >= 4 is 15.9 Å². The molecule has 1 heterocycles. The third-order valence-corrected chi connectivity index (χ3v) is 3.40. The zero-order valence-corrected chi connectivity index (χ0v) is 10.5. The van der Waals surface area contributed by atoms with E-state index in [1.165, 1.54) is 12.1 Å². The van der Waals surface area contributed by atoms with Gasteiger partial charge in [0.15, 0.2) is 0 Å². The standard InChI is InChI=1S/C12H14BrF2N/c13-10-5-9(6-11(14)7-10)8-12(15)1-3-16-4-2-12/h5-7,16H,1-4,8H2. The summed E-state index contributed by atoms with van der Waals surface area (Å²) < 4.78 is 28.2. The number of piperidine rings is 1. The van der Waals surface area contributed by atoms with Crippen LogP contribution in [0.2, 0.25) is 0 Å². The van der Waals surface area contributed by atoms with Crippen molar-refractivity contribution in [2.45, 2.75) is 24.9 Å². The van der Waals surface area contributed by atoms with Crippen LogP contribution >= 0.6 is 15.9 Å². The summed E-state index contributed by atoms with van der Waals surface area (Å²) in [5.41, 5.74) is -0.463. The van der Waals surface area contributed by atoms with Crippen molar-refractivity contribution in [3.05, 3.63) is 34.1 Å². The van der Waals surface area contributed by atoms with Crippen LogP contribution in [-0.4, -0.2) is 18.8 Å². The molecule has 1 N–H and O–H groups in total. The largest absolute Gasteiger partial charge is 0.316 e. The van der Waals surface area contributed by atoms with Crippen LogP contribution in [0.25, 0.3) is 0 Å². The summed E-state index contributed by atoms with van der Waals surface area (Å²) in [6, 6.07) is 4.58. The Labute approximate surface area is 102 Å². The second kappa shape index (κ2) is 4.80. The fourth-order valence-corrected chi connectivity index (χ4v) is 2.64. The van der Waals surface area contributed by atoms with Gasteiger partial charge >= 0.3 is 0 Å². The van der Waals surface area contributed by atoms with Gasteiger partial charge in [0.1, 0.15) is 11.5 Å². The molecular formula is C12H14BrF2N. The molecule has 16 heavy (non-hydrogen) atoms. The topological polar surface area (TPSA) is 12.0 Å². The van der Waals surface area contributed by atoms with Crippen molar-refractivity contribution in [1.82, 2.24) is 5.32 Å². The summed E-state index contributed by atoms with van der Waals surface area (Å²) in [5.74, 6) is -0.318. The quantitative estimate of drug-likeness (QED) is 0.882. The van der Waals surface area contributed by atoms with Crippen LogP contribution in [0.4, 0.5) is 8.78 Å². The first kappa shape index (κ1) is 12.0. The SMILES string of the molecule is Fc1cc(Br)cc(CC2(F)CCNCC2)c1. The highest BCUT2D eigenvalue weighted by Crippen LogP contribution is 2.29. The van der Waals surface area contributed by atoms with Crippen LogP contribution in [-0.2, 0) is 6.42 Å². The van der Waals surface area contributed by atoms with E-state index in [9.17, 15) is 8.78 Å². The maximum absolute atomic E-state index is 14.3. The molecule has 1 saturated heterocycles. The number of benzene rings is 1. The Bertz CT molecular complexity index is 355. The molecule has 1 fully saturated rings. The molecule has 1 aliphatic heterocycles. The molecule has 0 amide bonds. The van der Waals surface area contributed by atoms with Crippen molar-refractivity contribution in [3.63, 3.8) is 0 Å². The molecular weight excluding hydrogens is 276 g/mol. The predicted octanol–water partition coefficient (Wildman–Crippen LogP) is 3.22. The summed E-state index contributed by atoms with van der Waals surface area (Å²) in [6.07, 6.45) is 1.30. The van der Waals surface area contributed by atoms with E-state index >= 15 is 0 Å². The lowest BCUT2D eigenvalue weighted by molar-refractivity contribution is 0.116. The van der Waals surface area contributed by atoms with Gasteiger partial charge in [-0.2, -0.15) is 0 Å². The van der Waals surface area contributed by atoms with Gasteiger partial charge in [0, 0.05) is 10.9 Å². The van der Waals surface area contributed by atoms with Crippen LogP contribution in [0.1, 0.15) is 18.4 Å². The van der Waals surface area contributed by atoms with Gasteiger partial charge in [-0.1, -0.05) is 15.9 Å². The summed E-state index contributed by atoms with van der Waals surface area (Å²) in [5, 5.41) is 3.13. The molecule has 0 atom stereocenters. The molecule has 0 unspecified atom stereocenters. The van der Waals surface area contributed by atoms with E-state index in [0.29, 0.717) is 36.8 Å². The third-order valence-electron chi connectivity index (χ3n) is 2.94. The van der Waals surface area contributed by atoms with Gasteiger partial charge in [-0.15, -0.1) is 0 Å². The van der Waals surface area contributed by atoms with Gasteiger partial charge in [0.25, 0.3) is 0 Å². The zero-order chi connectivity index (χ0) is 11.6. The van der Waals surface area contributed by atoms with E-state index in [1.807, 2.05) is 0 Å². The molecule has 0 aromatic heterocycles. The molecule has 0 bridgehead atoms. The highest BCUT2D eigenvalue weighted by molar-refractivity contribution is 9.10. The summed E-state index contributed by atoms with van der Waals surface area (Å²) >= 11 is 3.22. The van der Waals surface area contributed by atoms with Crippen LogP contribution in [0.5, 0.6) is 0 Å². The minimum Gasteiger partial charge on any atom is -0.316 e. The zero-order valence-electron chi connectivity index (χ0n) is 8.90. The van der Waals surface area contributed by atoms with Gasteiger partial charge in [0.05, 0.1) is 0 Å². The summed E-state index contributed by atoms with van der Waals surface area (Å²) in [7, 11) is 0. The van der Waals surface area contributed by atoms with Gasteiger partial charge < -0.3 is 5.32 Å². The van der Waals surface area contributed by atoms with Gasteiger partial charge in [0.2, 0.25) is 0 Å². The van der Waals surface area contributed by atoms with Crippen LogP contribution in [0.15, 0.2) is 22.7 Å². The number of hydrogen-bond donors (Lipinski definition) is 1. The van der Waals surface area contributed by atoms with Crippen molar-refractivity contribution < 1.29 is 8.78 Å².